The first kappa shape index (κ1) is 20.8. The van der Waals surface area contributed by atoms with Crippen LogP contribution in [0.4, 0.5) is 4.39 Å². The van der Waals surface area contributed by atoms with E-state index in [-0.39, 0.29) is 18.1 Å². The number of nitrogens with one attached hydrogen (secondary N) is 1. The Labute approximate surface area is 184 Å². The van der Waals surface area contributed by atoms with E-state index >= 15 is 0 Å². The van der Waals surface area contributed by atoms with E-state index in [1.807, 2.05) is 46.8 Å². The van der Waals surface area contributed by atoms with E-state index in [2.05, 4.69) is 15.4 Å². The van der Waals surface area contributed by atoms with E-state index < -0.39 is 0 Å². The van der Waals surface area contributed by atoms with E-state index in [1.54, 1.807) is 24.5 Å². The maximum absolute atomic E-state index is 13.3. The Morgan fingerprint density at radius 3 is 2.71 bits per heavy atom. The number of aryl methyl sites for hydroxylation is 1. The number of hydrogen-bond donors (Lipinski definition) is 1. The van der Waals surface area contributed by atoms with Crippen LogP contribution in [0.5, 0.6) is 0 Å². The minimum absolute atomic E-state index is 0.124. The number of carbonyl (C=O) groups is 1. The molecule has 2 heterocycles. The molecule has 0 spiro atoms. The SMILES string of the molecule is Cn1ccnc1-c1c(-c2ccc(Cl)cc2)cnn1CCNC(=O)Cc1cccc(F)c1. The minimum atomic E-state index is -0.351. The van der Waals surface area contributed by atoms with Crippen molar-refractivity contribution < 1.29 is 9.18 Å². The van der Waals surface area contributed by atoms with Crippen molar-refractivity contribution in [3.63, 3.8) is 0 Å². The highest BCUT2D eigenvalue weighted by molar-refractivity contribution is 6.30. The van der Waals surface area contributed by atoms with Crippen molar-refractivity contribution >= 4 is 17.5 Å². The lowest BCUT2D eigenvalue weighted by Crippen LogP contribution is -2.29. The van der Waals surface area contributed by atoms with Crippen molar-refractivity contribution in [3.05, 3.63) is 83.5 Å². The molecular weight excluding hydrogens is 417 g/mol. The van der Waals surface area contributed by atoms with Gasteiger partial charge in [-0.25, -0.2) is 9.37 Å². The van der Waals surface area contributed by atoms with Crippen LogP contribution in [0.15, 0.2) is 67.1 Å². The second-order valence-corrected chi connectivity index (χ2v) is 7.59. The first-order valence-corrected chi connectivity index (χ1v) is 10.2. The zero-order valence-electron chi connectivity index (χ0n) is 16.9. The zero-order chi connectivity index (χ0) is 21.8. The van der Waals surface area contributed by atoms with Crippen molar-refractivity contribution in [2.24, 2.45) is 7.05 Å². The normalized spacial score (nSPS) is 10.9. The van der Waals surface area contributed by atoms with Gasteiger partial charge in [0.05, 0.1) is 19.2 Å². The highest BCUT2D eigenvalue weighted by Gasteiger charge is 2.18. The number of nitrogens with zero attached hydrogens (tertiary/aromatic N) is 4. The van der Waals surface area contributed by atoms with E-state index in [1.165, 1.54) is 12.1 Å². The fourth-order valence-electron chi connectivity index (χ4n) is 3.42. The summed E-state index contributed by atoms with van der Waals surface area (Å²) in [5.74, 6) is 0.249. The molecule has 6 nitrogen and oxygen atoms in total. The van der Waals surface area contributed by atoms with Crippen molar-refractivity contribution in [1.82, 2.24) is 24.6 Å². The number of rotatable bonds is 7. The maximum Gasteiger partial charge on any atom is 0.224 e. The number of hydrogen-bond acceptors (Lipinski definition) is 3. The van der Waals surface area contributed by atoms with Crippen LogP contribution >= 0.6 is 11.6 Å². The van der Waals surface area contributed by atoms with Crippen LogP contribution in [0.1, 0.15) is 5.56 Å². The van der Waals surface area contributed by atoms with E-state index in [0.717, 1.165) is 22.6 Å². The number of halogens is 2. The summed E-state index contributed by atoms with van der Waals surface area (Å²) < 4.78 is 17.1. The van der Waals surface area contributed by atoms with Crippen molar-refractivity contribution in [2.75, 3.05) is 6.54 Å². The van der Waals surface area contributed by atoms with Crippen molar-refractivity contribution in [1.29, 1.82) is 0 Å². The van der Waals surface area contributed by atoms with Crippen molar-refractivity contribution in [3.8, 4) is 22.6 Å². The van der Waals surface area contributed by atoms with Crippen LogP contribution in [-0.4, -0.2) is 31.8 Å². The summed E-state index contributed by atoms with van der Waals surface area (Å²) in [4.78, 5) is 16.7. The van der Waals surface area contributed by atoms with Gasteiger partial charge in [-0.05, 0) is 35.4 Å². The van der Waals surface area contributed by atoms with Crippen LogP contribution in [0.25, 0.3) is 22.6 Å². The third kappa shape index (κ3) is 4.83. The highest BCUT2D eigenvalue weighted by Crippen LogP contribution is 2.31. The Bertz CT molecular complexity index is 1200. The molecule has 2 aromatic carbocycles. The van der Waals surface area contributed by atoms with Gasteiger partial charge < -0.3 is 9.88 Å². The average molecular weight is 438 g/mol. The van der Waals surface area contributed by atoms with E-state index in [0.29, 0.717) is 23.7 Å². The van der Waals surface area contributed by atoms with Gasteiger partial charge in [0.25, 0.3) is 0 Å². The third-order valence-corrected chi connectivity index (χ3v) is 5.18. The standard InChI is InChI=1S/C23H21ClFN5O/c1-29-11-9-27-23(29)22-20(17-5-7-18(24)8-6-17)15-28-30(22)12-10-26-21(31)14-16-3-2-4-19(25)13-16/h2-9,11,13,15H,10,12,14H2,1H3,(H,26,31). The molecule has 1 N–H and O–H groups in total. The molecular formula is C23H21ClFN5O. The van der Waals surface area contributed by atoms with Gasteiger partial charge in [-0.1, -0.05) is 35.9 Å². The highest BCUT2D eigenvalue weighted by atomic mass is 35.5. The third-order valence-electron chi connectivity index (χ3n) is 4.93. The average Bonchev–Trinajstić information content (AvgIpc) is 3.34. The molecule has 4 rings (SSSR count). The van der Waals surface area contributed by atoms with E-state index in [4.69, 9.17) is 11.6 Å². The first-order valence-electron chi connectivity index (χ1n) is 9.82. The van der Waals surface area contributed by atoms with Crippen LogP contribution in [0.3, 0.4) is 0 Å². The number of amides is 1. The molecule has 0 saturated heterocycles. The van der Waals surface area contributed by atoms with Gasteiger partial charge in [0.1, 0.15) is 11.5 Å². The summed E-state index contributed by atoms with van der Waals surface area (Å²) in [6.07, 6.45) is 5.53. The second kappa shape index (κ2) is 9.14. The number of aromatic nitrogens is 4. The molecule has 0 fully saturated rings. The summed E-state index contributed by atoms with van der Waals surface area (Å²) >= 11 is 6.04. The van der Waals surface area contributed by atoms with Gasteiger partial charge in [0.2, 0.25) is 5.91 Å². The fraction of sp³-hybridized carbons (Fsp3) is 0.174. The van der Waals surface area contributed by atoms with Gasteiger partial charge in [-0.2, -0.15) is 5.10 Å². The monoisotopic (exact) mass is 437 g/mol. The maximum atomic E-state index is 13.3. The van der Waals surface area contributed by atoms with Crippen LogP contribution in [0, 0.1) is 5.82 Å². The fourth-order valence-corrected chi connectivity index (χ4v) is 3.55. The van der Waals surface area contributed by atoms with Gasteiger partial charge in [-0.3, -0.25) is 9.48 Å². The zero-order valence-corrected chi connectivity index (χ0v) is 17.7. The quantitative estimate of drug-likeness (QED) is 0.473. The Kier molecular flexibility index (Phi) is 6.13. The molecule has 1 amide bonds. The molecule has 0 aliphatic carbocycles. The largest absolute Gasteiger partial charge is 0.354 e. The summed E-state index contributed by atoms with van der Waals surface area (Å²) in [5.41, 5.74) is 3.39. The summed E-state index contributed by atoms with van der Waals surface area (Å²) in [6, 6.07) is 13.6. The molecule has 4 aromatic rings. The summed E-state index contributed by atoms with van der Waals surface area (Å²) in [7, 11) is 1.92. The van der Waals surface area contributed by atoms with Gasteiger partial charge in [0.15, 0.2) is 5.82 Å². The summed E-state index contributed by atoms with van der Waals surface area (Å²) in [5, 5.41) is 8.07. The molecule has 0 bridgehead atoms. The molecule has 0 atom stereocenters. The predicted molar refractivity (Wildman–Crippen MR) is 118 cm³/mol. The predicted octanol–water partition coefficient (Wildman–Crippen LogP) is 4.10. The lowest BCUT2D eigenvalue weighted by Gasteiger charge is -2.11. The summed E-state index contributed by atoms with van der Waals surface area (Å²) in [6.45, 7) is 0.845. The molecule has 2 aromatic heterocycles. The molecule has 0 aliphatic rings. The molecule has 0 radical (unpaired) electrons. The smallest absolute Gasteiger partial charge is 0.224 e. The van der Waals surface area contributed by atoms with Gasteiger partial charge in [0, 0.05) is 36.6 Å². The molecule has 0 aliphatic heterocycles. The molecule has 8 heteroatoms. The van der Waals surface area contributed by atoms with Crippen LogP contribution in [-0.2, 0) is 24.8 Å². The molecule has 0 unspecified atom stereocenters. The van der Waals surface area contributed by atoms with Crippen LogP contribution in [0.2, 0.25) is 5.02 Å². The Hall–Kier alpha value is -3.45. The topological polar surface area (TPSA) is 64.7 Å². The van der Waals surface area contributed by atoms with Gasteiger partial charge >= 0.3 is 0 Å². The van der Waals surface area contributed by atoms with Crippen LogP contribution < -0.4 is 5.32 Å². The lowest BCUT2D eigenvalue weighted by molar-refractivity contribution is -0.120. The molecule has 158 valence electrons. The molecule has 0 saturated carbocycles. The molecule has 31 heavy (non-hydrogen) atoms. The number of benzene rings is 2. The van der Waals surface area contributed by atoms with Crippen molar-refractivity contribution in [2.45, 2.75) is 13.0 Å². The second-order valence-electron chi connectivity index (χ2n) is 7.16. The Morgan fingerprint density at radius 2 is 2.00 bits per heavy atom. The number of imidazole rings is 1. The lowest BCUT2D eigenvalue weighted by atomic mass is 10.1. The van der Waals surface area contributed by atoms with Gasteiger partial charge in [-0.15, -0.1) is 0 Å². The van der Waals surface area contributed by atoms with E-state index in [9.17, 15) is 9.18 Å². The Balaban J connectivity index is 1.51. The first-order chi connectivity index (χ1) is 15.0. The Morgan fingerprint density at radius 1 is 1.19 bits per heavy atom. The number of carbonyl (C=O) groups excluding carboxylic acids is 1. The minimum Gasteiger partial charge on any atom is -0.354 e.